The van der Waals surface area contributed by atoms with Gasteiger partial charge in [-0.15, -0.1) is 0 Å². The van der Waals surface area contributed by atoms with E-state index in [0.717, 1.165) is 12.8 Å². The van der Waals surface area contributed by atoms with E-state index in [-0.39, 0.29) is 11.0 Å². The molecule has 0 unspecified atom stereocenters. The minimum Gasteiger partial charge on any atom is -0.437 e. The van der Waals surface area contributed by atoms with Gasteiger partial charge in [-0.25, -0.2) is 0 Å². The Morgan fingerprint density at radius 3 is 2.58 bits per heavy atom. The molecule has 98 valence electrons. The van der Waals surface area contributed by atoms with E-state index in [9.17, 15) is 0 Å². The Balaban J connectivity index is 1.91. The van der Waals surface area contributed by atoms with Gasteiger partial charge in [0, 0.05) is 0 Å². The van der Waals surface area contributed by atoms with Crippen LogP contribution in [0.4, 0.5) is 0 Å². The number of halogens is 3. The van der Waals surface area contributed by atoms with E-state index < -0.39 is 0 Å². The van der Waals surface area contributed by atoms with Crippen LogP contribution in [0.1, 0.15) is 17.5 Å². The van der Waals surface area contributed by atoms with E-state index in [0.29, 0.717) is 15.8 Å². The van der Waals surface area contributed by atoms with Gasteiger partial charge < -0.3 is 4.74 Å². The number of hydrogen-bond donors (Lipinski definition) is 0. The zero-order chi connectivity index (χ0) is 13.4. The number of hydrogen-bond acceptors (Lipinski definition) is 2. The van der Waals surface area contributed by atoms with Crippen LogP contribution in [-0.4, -0.2) is 4.98 Å². The number of ether oxygens (including phenoxy) is 1. The fourth-order valence-electron chi connectivity index (χ4n) is 2.22. The first-order valence-electron chi connectivity index (χ1n) is 5.94. The molecule has 3 rings (SSSR count). The van der Waals surface area contributed by atoms with Crippen LogP contribution in [0.2, 0.25) is 15.2 Å². The summed E-state index contributed by atoms with van der Waals surface area (Å²) in [6.07, 6.45) is 3.43. The lowest BCUT2D eigenvalue weighted by Gasteiger charge is -2.09. The summed E-state index contributed by atoms with van der Waals surface area (Å²) in [4.78, 5) is 4.04. The summed E-state index contributed by atoms with van der Waals surface area (Å²) in [6.45, 7) is 0. The third kappa shape index (κ3) is 2.66. The number of aromatic nitrogens is 1. The molecule has 1 aliphatic carbocycles. The monoisotopic (exact) mass is 313 g/mol. The lowest BCUT2D eigenvalue weighted by Crippen LogP contribution is -1.92. The molecule has 0 atom stereocenters. The average molecular weight is 315 g/mol. The molecule has 0 amide bonds. The minimum absolute atomic E-state index is 0.183. The highest BCUT2D eigenvalue weighted by atomic mass is 35.5. The highest BCUT2D eigenvalue weighted by molar-refractivity contribution is 6.42. The van der Waals surface area contributed by atoms with Crippen molar-refractivity contribution in [3.8, 4) is 11.6 Å². The SMILES string of the molecule is Clc1cc(Cl)c(Oc2ccc3c(c2)CCC3)nc1Cl. The van der Waals surface area contributed by atoms with Crippen molar-refractivity contribution in [2.75, 3.05) is 0 Å². The Morgan fingerprint density at radius 2 is 1.74 bits per heavy atom. The van der Waals surface area contributed by atoms with E-state index in [4.69, 9.17) is 39.5 Å². The Labute approximate surface area is 126 Å². The molecule has 0 radical (unpaired) electrons. The Bertz CT molecular complexity index is 643. The third-order valence-electron chi connectivity index (χ3n) is 3.14. The molecule has 0 N–H and O–H groups in total. The van der Waals surface area contributed by atoms with Gasteiger partial charge in [0.15, 0.2) is 5.15 Å². The molecule has 0 fully saturated rings. The molecular formula is C14H10Cl3NO. The first kappa shape index (κ1) is 13.0. The van der Waals surface area contributed by atoms with Gasteiger partial charge in [-0.1, -0.05) is 40.9 Å². The quantitative estimate of drug-likeness (QED) is 0.700. The van der Waals surface area contributed by atoms with Crippen molar-refractivity contribution >= 4 is 34.8 Å². The number of benzene rings is 1. The van der Waals surface area contributed by atoms with E-state index in [1.54, 1.807) is 0 Å². The van der Waals surface area contributed by atoms with Crippen molar-refractivity contribution in [3.63, 3.8) is 0 Å². The standard InChI is InChI=1S/C14H10Cl3NO/c15-11-7-12(16)14(18-13(11)17)19-10-5-4-8-2-1-3-9(8)6-10/h4-7H,1-3H2. The number of aryl methyl sites for hydroxylation is 2. The zero-order valence-electron chi connectivity index (χ0n) is 9.92. The van der Waals surface area contributed by atoms with Crippen LogP contribution >= 0.6 is 34.8 Å². The van der Waals surface area contributed by atoms with Crippen LogP contribution in [0.3, 0.4) is 0 Å². The van der Waals surface area contributed by atoms with Gasteiger partial charge in [-0.2, -0.15) is 4.98 Å². The number of pyridine rings is 1. The van der Waals surface area contributed by atoms with E-state index in [2.05, 4.69) is 11.1 Å². The maximum Gasteiger partial charge on any atom is 0.239 e. The highest BCUT2D eigenvalue weighted by Crippen LogP contribution is 2.34. The summed E-state index contributed by atoms with van der Waals surface area (Å²) in [5.41, 5.74) is 2.72. The lowest BCUT2D eigenvalue weighted by molar-refractivity contribution is 0.463. The van der Waals surface area contributed by atoms with E-state index in [1.807, 2.05) is 12.1 Å². The van der Waals surface area contributed by atoms with Crippen molar-refractivity contribution in [1.29, 1.82) is 0 Å². The fourth-order valence-corrected chi connectivity index (χ4v) is 2.75. The summed E-state index contributed by atoms with van der Waals surface area (Å²) < 4.78 is 5.68. The summed E-state index contributed by atoms with van der Waals surface area (Å²) in [7, 11) is 0. The first-order valence-corrected chi connectivity index (χ1v) is 7.08. The smallest absolute Gasteiger partial charge is 0.239 e. The minimum atomic E-state index is 0.183. The van der Waals surface area contributed by atoms with Crippen LogP contribution in [0, 0.1) is 0 Å². The molecule has 2 aromatic rings. The van der Waals surface area contributed by atoms with Gasteiger partial charge in [0.1, 0.15) is 10.8 Å². The molecule has 0 spiro atoms. The van der Waals surface area contributed by atoms with Gasteiger partial charge in [-0.3, -0.25) is 0 Å². The van der Waals surface area contributed by atoms with Gasteiger partial charge in [0.05, 0.1) is 5.02 Å². The Morgan fingerprint density at radius 1 is 0.947 bits per heavy atom. The second kappa shape index (κ2) is 5.20. The predicted molar refractivity (Wildman–Crippen MR) is 77.8 cm³/mol. The van der Waals surface area contributed by atoms with Gasteiger partial charge in [0.25, 0.3) is 0 Å². The largest absolute Gasteiger partial charge is 0.437 e. The van der Waals surface area contributed by atoms with Crippen molar-refractivity contribution in [2.24, 2.45) is 0 Å². The molecule has 5 heteroatoms. The van der Waals surface area contributed by atoms with Crippen molar-refractivity contribution < 1.29 is 4.74 Å². The van der Waals surface area contributed by atoms with Gasteiger partial charge >= 0.3 is 0 Å². The van der Waals surface area contributed by atoms with Gasteiger partial charge in [-0.05, 0) is 48.6 Å². The molecule has 19 heavy (non-hydrogen) atoms. The lowest BCUT2D eigenvalue weighted by atomic mass is 10.1. The van der Waals surface area contributed by atoms with Crippen LogP contribution in [0.5, 0.6) is 11.6 Å². The second-order valence-electron chi connectivity index (χ2n) is 4.43. The number of fused-ring (bicyclic) bond motifs is 1. The Kier molecular flexibility index (Phi) is 3.57. The van der Waals surface area contributed by atoms with Crippen LogP contribution < -0.4 is 4.74 Å². The molecule has 0 saturated carbocycles. The topological polar surface area (TPSA) is 22.1 Å². The normalized spacial score (nSPS) is 13.4. The van der Waals surface area contributed by atoms with Crippen LogP contribution in [-0.2, 0) is 12.8 Å². The van der Waals surface area contributed by atoms with Crippen molar-refractivity contribution in [3.05, 3.63) is 50.6 Å². The summed E-state index contributed by atoms with van der Waals surface area (Å²) in [5.74, 6) is 0.988. The highest BCUT2D eigenvalue weighted by Gasteiger charge is 2.14. The van der Waals surface area contributed by atoms with Gasteiger partial charge in [0.2, 0.25) is 5.88 Å². The fraction of sp³-hybridized carbons (Fsp3) is 0.214. The molecule has 0 saturated heterocycles. The van der Waals surface area contributed by atoms with E-state index >= 15 is 0 Å². The molecule has 1 heterocycles. The molecule has 1 aromatic carbocycles. The van der Waals surface area contributed by atoms with E-state index in [1.165, 1.54) is 23.6 Å². The number of rotatable bonds is 2. The second-order valence-corrected chi connectivity index (χ2v) is 5.61. The molecule has 1 aliphatic rings. The summed E-state index contributed by atoms with van der Waals surface area (Å²) in [5, 5.41) is 0.838. The maximum atomic E-state index is 6.04. The summed E-state index contributed by atoms with van der Waals surface area (Å²) >= 11 is 17.7. The maximum absolute atomic E-state index is 6.04. The summed E-state index contributed by atoms with van der Waals surface area (Å²) in [6, 6.07) is 7.57. The molecular weight excluding hydrogens is 305 g/mol. The van der Waals surface area contributed by atoms with Crippen molar-refractivity contribution in [1.82, 2.24) is 4.98 Å². The third-order valence-corrected chi connectivity index (χ3v) is 4.08. The predicted octanol–water partition coefficient (Wildman–Crippen LogP) is 5.32. The number of nitrogens with zero attached hydrogens (tertiary/aromatic N) is 1. The average Bonchev–Trinajstić information content (AvgIpc) is 2.83. The molecule has 0 aliphatic heterocycles. The Hall–Kier alpha value is -0.960. The van der Waals surface area contributed by atoms with Crippen LogP contribution in [0.15, 0.2) is 24.3 Å². The van der Waals surface area contributed by atoms with Crippen molar-refractivity contribution in [2.45, 2.75) is 19.3 Å². The zero-order valence-corrected chi connectivity index (χ0v) is 12.2. The molecule has 0 bridgehead atoms. The molecule has 1 aromatic heterocycles. The molecule has 2 nitrogen and oxygen atoms in total. The first-order chi connectivity index (χ1) is 9.13. The van der Waals surface area contributed by atoms with Crippen LogP contribution in [0.25, 0.3) is 0 Å².